The second kappa shape index (κ2) is 5.95. The lowest BCUT2D eigenvalue weighted by Gasteiger charge is -2.15. The van der Waals surface area contributed by atoms with Gasteiger partial charge in [-0.1, -0.05) is 6.92 Å². The van der Waals surface area contributed by atoms with Crippen molar-refractivity contribution >= 4 is 21.5 Å². The SMILES string of the molecule is CCc1nc(NC)c(C)c(NCC2CCS(=O)(=O)C2)n1. The standard InChI is InChI=1S/C13H22N4O2S/c1-4-11-16-12(14-3)9(2)13(17-11)15-7-10-5-6-20(18,19)8-10/h10H,4-8H2,1-3H3,(H2,14,15,16,17). The lowest BCUT2D eigenvalue weighted by molar-refractivity contribution is 0.595. The van der Waals surface area contributed by atoms with E-state index in [0.29, 0.717) is 12.3 Å². The van der Waals surface area contributed by atoms with Crippen molar-refractivity contribution in [2.75, 3.05) is 35.7 Å². The largest absolute Gasteiger partial charge is 0.373 e. The molecule has 2 rings (SSSR count). The second-order valence-corrected chi connectivity index (χ2v) is 7.44. The molecule has 0 spiro atoms. The minimum atomic E-state index is -2.82. The number of hydrogen-bond donors (Lipinski definition) is 2. The molecule has 112 valence electrons. The highest BCUT2D eigenvalue weighted by molar-refractivity contribution is 7.91. The number of aryl methyl sites for hydroxylation is 1. The number of rotatable bonds is 5. The molecule has 1 saturated heterocycles. The van der Waals surface area contributed by atoms with Crippen molar-refractivity contribution in [2.24, 2.45) is 5.92 Å². The molecule has 1 fully saturated rings. The number of anilines is 2. The van der Waals surface area contributed by atoms with Gasteiger partial charge in [0, 0.05) is 25.6 Å². The molecule has 0 bridgehead atoms. The van der Waals surface area contributed by atoms with Crippen molar-refractivity contribution in [1.82, 2.24) is 9.97 Å². The molecule has 7 heteroatoms. The zero-order valence-electron chi connectivity index (χ0n) is 12.2. The van der Waals surface area contributed by atoms with Crippen molar-refractivity contribution in [1.29, 1.82) is 0 Å². The predicted octanol–water partition coefficient (Wildman–Crippen LogP) is 1.24. The summed E-state index contributed by atoms with van der Waals surface area (Å²) in [5.74, 6) is 3.16. The molecule has 2 N–H and O–H groups in total. The Kier molecular flexibility index (Phi) is 4.47. The maximum atomic E-state index is 11.5. The third-order valence-electron chi connectivity index (χ3n) is 3.63. The fraction of sp³-hybridized carbons (Fsp3) is 0.692. The average Bonchev–Trinajstić information content (AvgIpc) is 2.77. The highest BCUT2D eigenvalue weighted by Crippen LogP contribution is 2.22. The van der Waals surface area contributed by atoms with E-state index in [1.807, 2.05) is 20.9 Å². The minimum absolute atomic E-state index is 0.178. The smallest absolute Gasteiger partial charge is 0.150 e. The summed E-state index contributed by atoms with van der Waals surface area (Å²) in [7, 11) is -0.985. The molecule has 1 unspecified atom stereocenters. The Morgan fingerprint density at radius 3 is 2.55 bits per heavy atom. The van der Waals surface area contributed by atoms with Crippen LogP contribution in [-0.4, -0.2) is 43.5 Å². The van der Waals surface area contributed by atoms with E-state index in [-0.39, 0.29) is 11.7 Å². The zero-order chi connectivity index (χ0) is 14.8. The first-order chi connectivity index (χ1) is 9.45. The Morgan fingerprint density at radius 1 is 1.30 bits per heavy atom. The van der Waals surface area contributed by atoms with Crippen LogP contribution in [0, 0.1) is 12.8 Å². The topological polar surface area (TPSA) is 84.0 Å². The first-order valence-electron chi connectivity index (χ1n) is 6.94. The second-order valence-electron chi connectivity index (χ2n) is 5.22. The van der Waals surface area contributed by atoms with Gasteiger partial charge in [0.15, 0.2) is 9.84 Å². The van der Waals surface area contributed by atoms with E-state index in [2.05, 4.69) is 20.6 Å². The Bertz CT molecular complexity index is 586. The molecule has 1 aliphatic rings. The zero-order valence-corrected chi connectivity index (χ0v) is 13.0. The van der Waals surface area contributed by atoms with E-state index in [4.69, 9.17) is 0 Å². The van der Waals surface area contributed by atoms with Crippen LogP contribution in [0.1, 0.15) is 24.7 Å². The third kappa shape index (κ3) is 3.39. The molecule has 0 saturated carbocycles. The molecule has 0 amide bonds. The Hall–Kier alpha value is -1.37. The average molecular weight is 298 g/mol. The van der Waals surface area contributed by atoms with Crippen LogP contribution in [0.3, 0.4) is 0 Å². The number of aromatic nitrogens is 2. The molecule has 1 aromatic heterocycles. The molecule has 1 atom stereocenters. The molecule has 2 heterocycles. The van der Waals surface area contributed by atoms with Crippen LogP contribution < -0.4 is 10.6 Å². The number of nitrogens with one attached hydrogen (secondary N) is 2. The van der Waals surface area contributed by atoms with Gasteiger partial charge < -0.3 is 10.6 Å². The number of nitrogens with zero attached hydrogens (tertiary/aromatic N) is 2. The van der Waals surface area contributed by atoms with Crippen molar-refractivity contribution in [3.8, 4) is 0 Å². The lowest BCUT2D eigenvalue weighted by Crippen LogP contribution is -2.18. The van der Waals surface area contributed by atoms with Crippen LogP contribution in [-0.2, 0) is 16.3 Å². The highest BCUT2D eigenvalue weighted by atomic mass is 32.2. The van der Waals surface area contributed by atoms with Crippen molar-refractivity contribution in [3.63, 3.8) is 0 Å². The fourth-order valence-electron chi connectivity index (χ4n) is 2.41. The minimum Gasteiger partial charge on any atom is -0.373 e. The van der Waals surface area contributed by atoms with E-state index in [9.17, 15) is 8.42 Å². The van der Waals surface area contributed by atoms with E-state index < -0.39 is 9.84 Å². The van der Waals surface area contributed by atoms with Gasteiger partial charge in [0.25, 0.3) is 0 Å². The maximum Gasteiger partial charge on any atom is 0.150 e. The number of hydrogen-bond acceptors (Lipinski definition) is 6. The summed E-state index contributed by atoms with van der Waals surface area (Å²) < 4.78 is 22.9. The Labute approximate surface area is 120 Å². The van der Waals surface area contributed by atoms with Crippen LogP contribution in [0.15, 0.2) is 0 Å². The molecule has 6 nitrogen and oxygen atoms in total. The van der Waals surface area contributed by atoms with Gasteiger partial charge in [-0.05, 0) is 19.3 Å². The monoisotopic (exact) mass is 298 g/mol. The van der Waals surface area contributed by atoms with Gasteiger partial charge in [-0.3, -0.25) is 0 Å². The molecule has 1 aromatic rings. The molecular formula is C13H22N4O2S. The van der Waals surface area contributed by atoms with Crippen LogP contribution in [0.2, 0.25) is 0 Å². The quantitative estimate of drug-likeness (QED) is 0.851. The van der Waals surface area contributed by atoms with Crippen molar-refractivity contribution < 1.29 is 8.42 Å². The molecule has 1 aliphatic heterocycles. The van der Waals surface area contributed by atoms with Gasteiger partial charge in [-0.2, -0.15) is 0 Å². The van der Waals surface area contributed by atoms with Crippen LogP contribution >= 0.6 is 0 Å². The van der Waals surface area contributed by atoms with Crippen LogP contribution in [0.5, 0.6) is 0 Å². The molecule has 0 radical (unpaired) electrons. The van der Waals surface area contributed by atoms with Gasteiger partial charge in [-0.15, -0.1) is 0 Å². The Balaban J connectivity index is 2.09. The van der Waals surface area contributed by atoms with Gasteiger partial charge >= 0.3 is 0 Å². The maximum absolute atomic E-state index is 11.5. The first-order valence-corrected chi connectivity index (χ1v) is 8.77. The van der Waals surface area contributed by atoms with Crippen LogP contribution in [0.25, 0.3) is 0 Å². The summed E-state index contributed by atoms with van der Waals surface area (Å²) in [5, 5.41) is 6.35. The van der Waals surface area contributed by atoms with Gasteiger partial charge in [0.05, 0.1) is 11.5 Å². The summed E-state index contributed by atoms with van der Waals surface area (Å²) in [5.41, 5.74) is 0.963. The van der Waals surface area contributed by atoms with Crippen molar-refractivity contribution in [3.05, 3.63) is 11.4 Å². The predicted molar refractivity (Wildman–Crippen MR) is 80.9 cm³/mol. The van der Waals surface area contributed by atoms with Crippen molar-refractivity contribution in [2.45, 2.75) is 26.7 Å². The molecule has 0 aliphatic carbocycles. The molecule has 20 heavy (non-hydrogen) atoms. The van der Waals surface area contributed by atoms with E-state index in [1.165, 1.54) is 0 Å². The summed E-state index contributed by atoms with van der Waals surface area (Å²) in [6, 6.07) is 0. The lowest BCUT2D eigenvalue weighted by atomic mass is 10.1. The summed E-state index contributed by atoms with van der Waals surface area (Å²) in [6.07, 6.45) is 1.50. The first kappa shape index (κ1) is 15.0. The fourth-order valence-corrected chi connectivity index (χ4v) is 4.27. The third-order valence-corrected chi connectivity index (χ3v) is 5.47. The van der Waals surface area contributed by atoms with Gasteiger partial charge in [0.2, 0.25) is 0 Å². The Morgan fingerprint density at radius 2 is 2.00 bits per heavy atom. The summed E-state index contributed by atoms with van der Waals surface area (Å²) >= 11 is 0. The van der Waals surface area contributed by atoms with E-state index in [0.717, 1.165) is 35.9 Å². The molecular weight excluding hydrogens is 276 g/mol. The van der Waals surface area contributed by atoms with Gasteiger partial charge in [0.1, 0.15) is 17.5 Å². The normalized spacial score (nSPS) is 20.9. The van der Waals surface area contributed by atoms with Crippen LogP contribution in [0.4, 0.5) is 11.6 Å². The number of sulfone groups is 1. The van der Waals surface area contributed by atoms with E-state index in [1.54, 1.807) is 0 Å². The van der Waals surface area contributed by atoms with Gasteiger partial charge in [-0.25, -0.2) is 18.4 Å². The van der Waals surface area contributed by atoms with E-state index >= 15 is 0 Å². The summed E-state index contributed by atoms with van der Waals surface area (Å²) in [4.78, 5) is 8.90. The molecule has 0 aromatic carbocycles. The highest BCUT2D eigenvalue weighted by Gasteiger charge is 2.27. The summed E-state index contributed by atoms with van der Waals surface area (Å²) in [6.45, 7) is 4.61.